The van der Waals surface area contributed by atoms with Crippen molar-refractivity contribution < 1.29 is 19.1 Å². The van der Waals surface area contributed by atoms with Crippen molar-refractivity contribution in [2.45, 2.75) is 16.2 Å². The molecule has 0 radical (unpaired) electrons. The van der Waals surface area contributed by atoms with Gasteiger partial charge in [-0.15, -0.1) is 6.58 Å². The fraction of sp³-hybridized carbons (Fsp3) is 0.346. The molecule has 0 bridgehead atoms. The molecule has 0 saturated carbocycles. The molecular weight excluding hydrogens is 482 g/mol. The van der Waals surface area contributed by atoms with Crippen LogP contribution in [0.3, 0.4) is 0 Å². The Bertz CT molecular complexity index is 1270. The number of thioether (sulfide) groups is 1. The maximum atomic E-state index is 14.5. The number of hydrogen-bond donors (Lipinski definition) is 0. The molecule has 182 valence electrons. The van der Waals surface area contributed by atoms with Gasteiger partial charge in [-0.3, -0.25) is 19.4 Å². The van der Waals surface area contributed by atoms with Crippen LogP contribution in [0, 0.1) is 0 Å². The lowest BCUT2D eigenvalue weighted by atomic mass is 9.72. The topological polar surface area (TPSA) is 62.3 Å². The first kappa shape index (κ1) is 23.8. The molecule has 2 aromatic carbocycles. The van der Waals surface area contributed by atoms with Crippen molar-refractivity contribution in [3.05, 3.63) is 66.2 Å². The number of nitrogens with zero attached hydrogens (tertiary/aromatic N) is 3. The quantitative estimate of drug-likeness (QED) is 0.452. The molecule has 3 aliphatic rings. The van der Waals surface area contributed by atoms with Crippen LogP contribution in [0.15, 0.2) is 55.1 Å². The highest BCUT2D eigenvalue weighted by Gasteiger charge is 2.78. The maximum absolute atomic E-state index is 14.5. The maximum Gasteiger partial charge on any atom is 0.254 e. The van der Waals surface area contributed by atoms with Crippen LogP contribution in [0.25, 0.3) is 0 Å². The van der Waals surface area contributed by atoms with Crippen molar-refractivity contribution in [1.82, 2.24) is 9.80 Å². The molecule has 3 aliphatic heterocycles. The third kappa shape index (κ3) is 2.92. The molecule has 2 spiro atoms. The molecule has 5 rings (SSSR count). The average molecular weight is 510 g/mol. The van der Waals surface area contributed by atoms with Gasteiger partial charge >= 0.3 is 0 Å². The van der Waals surface area contributed by atoms with E-state index in [-0.39, 0.29) is 24.3 Å². The Kier molecular flexibility index (Phi) is 5.69. The van der Waals surface area contributed by atoms with Gasteiger partial charge < -0.3 is 14.4 Å². The molecule has 2 amide bonds. The van der Waals surface area contributed by atoms with Gasteiger partial charge in [-0.05, 0) is 42.9 Å². The van der Waals surface area contributed by atoms with Crippen molar-refractivity contribution in [3.63, 3.8) is 0 Å². The Hall–Kier alpha value is -2.88. The summed E-state index contributed by atoms with van der Waals surface area (Å²) in [5, 5.41) is 0. The van der Waals surface area contributed by atoms with Gasteiger partial charge in [0.1, 0.15) is 20.6 Å². The van der Waals surface area contributed by atoms with E-state index < -0.39 is 10.3 Å². The van der Waals surface area contributed by atoms with Gasteiger partial charge in [0.15, 0.2) is 5.54 Å². The summed E-state index contributed by atoms with van der Waals surface area (Å²) in [5.41, 5.74) is 1.15. The summed E-state index contributed by atoms with van der Waals surface area (Å²) < 4.78 is 10.3. The molecule has 0 N–H and O–H groups in total. The lowest BCUT2D eigenvalue weighted by Gasteiger charge is -2.42. The summed E-state index contributed by atoms with van der Waals surface area (Å²) in [6.45, 7) is 4.58. The summed E-state index contributed by atoms with van der Waals surface area (Å²) in [4.78, 5) is 34.1. The minimum absolute atomic E-state index is 0.155. The molecule has 9 heteroatoms. The standard InChI is InChI=1S/C26H27N3O4S2/c1-6-12-29-23(31)26(35-24(29)34)20(16-8-7-9-17(13-16)32-4)15-27(2)25(26)19-14-18(33-5)10-11-21(19)28(3)22(25)30/h6-11,13-14,20H,1,12,15H2,2-5H3/t20-,25-,26-/m0/s1. The number of rotatable bonds is 5. The number of likely N-dealkylation sites (tertiary alicyclic amines) is 1. The number of likely N-dealkylation sites (N-methyl/N-ethyl adjacent to an activating group) is 2. The second-order valence-electron chi connectivity index (χ2n) is 8.98. The van der Waals surface area contributed by atoms with Crippen molar-refractivity contribution in [1.29, 1.82) is 0 Å². The highest BCUT2D eigenvalue weighted by atomic mass is 32.2. The van der Waals surface area contributed by atoms with Crippen LogP contribution in [-0.4, -0.2) is 72.1 Å². The van der Waals surface area contributed by atoms with Gasteiger partial charge in [0.05, 0.1) is 14.2 Å². The van der Waals surface area contributed by atoms with E-state index in [0.29, 0.717) is 22.4 Å². The van der Waals surface area contributed by atoms with E-state index in [9.17, 15) is 9.59 Å². The van der Waals surface area contributed by atoms with Crippen LogP contribution >= 0.6 is 24.0 Å². The number of ether oxygens (including phenoxy) is 2. The minimum Gasteiger partial charge on any atom is -0.497 e. The average Bonchev–Trinajstić information content (AvgIpc) is 3.37. The molecule has 2 saturated heterocycles. The number of carbonyl (C=O) groups excluding carboxylic acids is 2. The molecule has 0 aliphatic carbocycles. The number of thiocarbonyl (C=S) groups is 1. The molecule has 2 fully saturated rings. The van der Waals surface area contributed by atoms with Gasteiger partial charge in [-0.1, -0.05) is 42.2 Å². The second kappa shape index (κ2) is 8.36. The summed E-state index contributed by atoms with van der Waals surface area (Å²) in [5.74, 6) is 0.654. The van der Waals surface area contributed by atoms with Gasteiger partial charge in [0.25, 0.3) is 5.91 Å². The zero-order valence-electron chi connectivity index (χ0n) is 20.1. The number of benzene rings is 2. The molecule has 7 nitrogen and oxygen atoms in total. The predicted molar refractivity (Wildman–Crippen MR) is 141 cm³/mol. The Morgan fingerprint density at radius 2 is 1.83 bits per heavy atom. The summed E-state index contributed by atoms with van der Waals surface area (Å²) >= 11 is 7.06. The molecule has 3 atom stereocenters. The third-order valence-electron chi connectivity index (χ3n) is 7.47. The van der Waals surface area contributed by atoms with E-state index >= 15 is 0 Å². The van der Waals surface area contributed by atoms with Crippen LogP contribution in [0.1, 0.15) is 17.0 Å². The Labute approximate surface area is 214 Å². The zero-order valence-corrected chi connectivity index (χ0v) is 21.7. The highest BCUT2D eigenvalue weighted by molar-refractivity contribution is 8.25. The zero-order chi connectivity index (χ0) is 25.1. The van der Waals surface area contributed by atoms with Gasteiger partial charge in [0.2, 0.25) is 5.91 Å². The van der Waals surface area contributed by atoms with Crippen molar-refractivity contribution in [2.75, 3.05) is 46.3 Å². The number of methoxy groups -OCH3 is 2. The number of fused-ring (bicyclic) bond motifs is 3. The number of carbonyl (C=O) groups is 2. The first-order valence-corrected chi connectivity index (χ1v) is 12.5. The third-order valence-corrected chi connectivity index (χ3v) is 9.41. The van der Waals surface area contributed by atoms with E-state index in [4.69, 9.17) is 21.7 Å². The lowest BCUT2D eigenvalue weighted by Crippen LogP contribution is -2.62. The van der Waals surface area contributed by atoms with Crippen LogP contribution in [0.2, 0.25) is 0 Å². The van der Waals surface area contributed by atoms with Gasteiger partial charge in [-0.2, -0.15) is 0 Å². The number of anilines is 1. The first-order chi connectivity index (χ1) is 16.8. The lowest BCUT2D eigenvalue weighted by molar-refractivity contribution is -0.138. The summed E-state index contributed by atoms with van der Waals surface area (Å²) in [6.07, 6.45) is 1.66. The normalized spacial score (nSPS) is 27.9. The van der Waals surface area contributed by atoms with Crippen molar-refractivity contribution in [3.8, 4) is 11.5 Å². The molecule has 0 aromatic heterocycles. The van der Waals surface area contributed by atoms with Gasteiger partial charge in [-0.25, -0.2) is 0 Å². The molecule has 3 heterocycles. The van der Waals surface area contributed by atoms with E-state index in [0.717, 1.165) is 16.8 Å². The molecule has 35 heavy (non-hydrogen) atoms. The van der Waals surface area contributed by atoms with Crippen LogP contribution in [0.5, 0.6) is 11.5 Å². The van der Waals surface area contributed by atoms with E-state index in [1.807, 2.05) is 54.4 Å². The van der Waals surface area contributed by atoms with E-state index in [1.54, 1.807) is 37.1 Å². The summed E-state index contributed by atoms with van der Waals surface area (Å²) in [6, 6.07) is 13.3. The Morgan fingerprint density at radius 1 is 1.11 bits per heavy atom. The van der Waals surface area contributed by atoms with Crippen LogP contribution in [-0.2, 0) is 15.1 Å². The SMILES string of the molecule is C=CCN1C(=O)[C@@]2(SC1=S)[C@H](c1cccc(OC)c1)CN(C)[C@@]21C(=O)N(C)c2ccc(OC)cc21. The molecular formula is C26H27N3O4S2. The largest absolute Gasteiger partial charge is 0.497 e. The smallest absolute Gasteiger partial charge is 0.254 e. The van der Waals surface area contributed by atoms with Crippen molar-refractivity contribution in [2.24, 2.45) is 0 Å². The monoisotopic (exact) mass is 509 g/mol. The predicted octanol–water partition coefficient (Wildman–Crippen LogP) is 3.39. The molecule has 2 aromatic rings. The Balaban J connectivity index is 1.84. The first-order valence-electron chi connectivity index (χ1n) is 11.3. The van der Waals surface area contributed by atoms with E-state index in [2.05, 4.69) is 6.58 Å². The second-order valence-corrected chi connectivity index (χ2v) is 10.9. The number of amides is 2. The van der Waals surface area contributed by atoms with E-state index in [1.165, 1.54) is 11.8 Å². The summed E-state index contributed by atoms with van der Waals surface area (Å²) in [7, 11) is 6.88. The van der Waals surface area contributed by atoms with Crippen molar-refractivity contribution >= 4 is 45.8 Å². The molecule has 0 unspecified atom stereocenters. The van der Waals surface area contributed by atoms with Crippen LogP contribution in [0.4, 0.5) is 5.69 Å². The van der Waals surface area contributed by atoms with Crippen LogP contribution < -0.4 is 14.4 Å². The highest BCUT2D eigenvalue weighted by Crippen LogP contribution is 2.66. The number of hydrogen-bond acceptors (Lipinski definition) is 7. The fourth-order valence-corrected chi connectivity index (χ4v) is 8.09. The minimum atomic E-state index is -1.28. The van der Waals surface area contributed by atoms with Gasteiger partial charge in [0, 0.05) is 37.3 Å². The fourth-order valence-electron chi connectivity index (χ4n) is 5.95. The Morgan fingerprint density at radius 3 is 2.51 bits per heavy atom.